The van der Waals surface area contributed by atoms with Gasteiger partial charge in [0, 0.05) is 37.3 Å². The second-order valence-electron chi connectivity index (χ2n) is 8.70. The van der Waals surface area contributed by atoms with Crippen LogP contribution >= 0.6 is 11.8 Å². The summed E-state index contributed by atoms with van der Waals surface area (Å²) in [7, 11) is 0. The van der Waals surface area contributed by atoms with Crippen LogP contribution in [-0.2, 0) is 16.1 Å². The molecular formula is C23H33N3O2S. The fraction of sp³-hybridized carbons (Fsp3) is 0.652. The van der Waals surface area contributed by atoms with Crippen LogP contribution in [0.15, 0.2) is 30.3 Å². The van der Waals surface area contributed by atoms with Gasteiger partial charge in [-0.15, -0.1) is 11.8 Å². The number of hydrogen-bond donors (Lipinski definition) is 1. The lowest BCUT2D eigenvalue weighted by Crippen LogP contribution is -2.53. The molecule has 1 saturated carbocycles. The molecule has 1 N–H and O–H groups in total. The lowest BCUT2D eigenvalue weighted by atomic mass is 9.88. The summed E-state index contributed by atoms with van der Waals surface area (Å²) in [6, 6.07) is 10.5. The largest absolute Gasteiger partial charge is 0.351 e. The molecule has 1 aromatic rings. The third kappa shape index (κ3) is 5.34. The van der Waals surface area contributed by atoms with Gasteiger partial charge in [0.1, 0.15) is 6.04 Å². The van der Waals surface area contributed by atoms with Gasteiger partial charge in [-0.25, -0.2) is 0 Å². The first-order chi connectivity index (χ1) is 14.2. The molecule has 3 aliphatic rings. The summed E-state index contributed by atoms with van der Waals surface area (Å²) in [4.78, 5) is 30.2. The first-order valence-electron chi connectivity index (χ1n) is 11.2. The summed E-state index contributed by atoms with van der Waals surface area (Å²) in [5.74, 6) is 1.81. The van der Waals surface area contributed by atoms with Crippen molar-refractivity contribution in [3.05, 3.63) is 35.9 Å². The van der Waals surface area contributed by atoms with Crippen LogP contribution < -0.4 is 5.32 Å². The minimum absolute atomic E-state index is 0.0562. The molecule has 2 aliphatic heterocycles. The van der Waals surface area contributed by atoms with E-state index >= 15 is 0 Å². The van der Waals surface area contributed by atoms with Crippen molar-refractivity contribution in [3.63, 3.8) is 0 Å². The van der Waals surface area contributed by atoms with Crippen molar-refractivity contribution in [2.75, 3.05) is 24.7 Å². The van der Waals surface area contributed by atoms with E-state index in [1.165, 1.54) is 12.0 Å². The molecule has 3 fully saturated rings. The zero-order chi connectivity index (χ0) is 20.1. The van der Waals surface area contributed by atoms with Gasteiger partial charge in [-0.05, 0) is 31.2 Å². The zero-order valence-corrected chi connectivity index (χ0v) is 18.0. The Bertz CT molecular complexity index is 685. The quantitative estimate of drug-likeness (QED) is 0.802. The second kappa shape index (κ2) is 9.98. The van der Waals surface area contributed by atoms with E-state index in [1.54, 1.807) is 11.8 Å². The van der Waals surface area contributed by atoms with Crippen molar-refractivity contribution in [2.45, 2.75) is 63.6 Å². The molecule has 2 heterocycles. The van der Waals surface area contributed by atoms with Gasteiger partial charge in [0.05, 0.1) is 5.88 Å². The number of benzene rings is 1. The number of likely N-dealkylation sites (tertiary alicyclic amines) is 1. The maximum atomic E-state index is 13.0. The molecule has 0 aromatic heterocycles. The van der Waals surface area contributed by atoms with E-state index < -0.39 is 0 Å². The number of rotatable bonds is 5. The Morgan fingerprint density at radius 1 is 1.00 bits per heavy atom. The van der Waals surface area contributed by atoms with E-state index in [0.29, 0.717) is 5.88 Å². The molecule has 2 amide bonds. The SMILES string of the molecule is O=C(NC1CCN(Cc2ccccc2)CC1)C1CSCN1C(=O)C1CCCCC1. The normalized spacial score (nSPS) is 24.6. The minimum atomic E-state index is -0.281. The smallest absolute Gasteiger partial charge is 0.243 e. The third-order valence-corrected chi connectivity index (χ3v) is 7.62. The molecule has 0 spiro atoms. The Balaban J connectivity index is 1.25. The van der Waals surface area contributed by atoms with Crippen LogP contribution in [0.25, 0.3) is 0 Å². The van der Waals surface area contributed by atoms with Crippen LogP contribution in [0.4, 0.5) is 0 Å². The fourth-order valence-corrected chi connectivity index (χ4v) is 6.00. The highest BCUT2D eigenvalue weighted by molar-refractivity contribution is 7.99. The van der Waals surface area contributed by atoms with Gasteiger partial charge in [0.2, 0.25) is 11.8 Å². The van der Waals surface area contributed by atoms with Crippen LogP contribution in [0, 0.1) is 5.92 Å². The van der Waals surface area contributed by atoms with E-state index in [2.05, 4.69) is 40.5 Å². The maximum absolute atomic E-state index is 13.0. The van der Waals surface area contributed by atoms with Gasteiger partial charge < -0.3 is 10.2 Å². The Hall–Kier alpha value is -1.53. The van der Waals surface area contributed by atoms with Gasteiger partial charge >= 0.3 is 0 Å². The molecular weight excluding hydrogens is 382 g/mol. The molecule has 1 unspecified atom stereocenters. The van der Waals surface area contributed by atoms with Crippen molar-refractivity contribution < 1.29 is 9.59 Å². The summed E-state index contributed by atoms with van der Waals surface area (Å²) < 4.78 is 0. The highest BCUT2D eigenvalue weighted by atomic mass is 32.2. The number of carbonyl (C=O) groups is 2. The van der Waals surface area contributed by atoms with Crippen molar-refractivity contribution >= 4 is 23.6 Å². The first kappa shape index (κ1) is 20.7. The Labute approximate surface area is 178 Å². The standard InChI is InChI=1S/C23H33N3O2S/c27-22(21-16-29-17-26(21)23(28)19-9-5-2-6-10-19)24-20-11-13-25(14-12-20)15-18-7-3-1-4-8-18/h1,3-4,7-8,19-21H,2,5-6,9-17H2,(H,24,27). The van der Waals surface area contributed by atoms with E-state index in [1.807, 2.05) is 4.90 Å². The number of carbonyl (C=O) groups excluding carboxylic acids is 2. The highest BCUT2D eigenvalue weighted by Gasteiger charge is 2.38. The number of hydrogen-bond acceptors (Lipinski definition) is 4. The number of nitrogens with one attached hydrogen (secondary N) is 1. The Morgan fingerprint density at radius 2 is 1.72 bits per heavy atom. The third-order valence-electron chi connectivity index (χ3n) is 6.61. The molecule has 6 heteroatoms. The lowest BCUT2D eigenvalue weighted by molar-refractivity contribution is -0.142. The van der Waals surface area contributed by atoms with Gasteiger partial charge in [-0.2, -0.15) is 0 Å². The van der Waals surface area contributed by atoms with Crippen molar-refractivity contribution in [1.29, 1.82) is 0 Å². The number of amides is 2. The summed E-state index contributed by atoms with van der Waals surface area (Å²) in [5, 5.41) is 3.26. The molecule has 5 nitrogen and oxygen atoms in total. The Morgan fingerprint density at radius 3 is 2.45 bits per heavy atom. The minimum Gasteiger partial charge on any atom is -0.351 e. The summed E-state index contributed by atoms with van der Waals surface area (Å²) in [6.07, 6.45) is 7.49. The van der Waals surface area contributed by atoms with Crippen LogP contribution in [0.3, 0.4) is 0 Å². The van der Waals surface area contributed by atoms with E-state index in [-0.39, 0.29) is 29.8 Å². The molecule has 1 aromatic carbocycles. The summed E-state index contributed by atoms with van der Waals surface area (Å²) >= 11 is 1.71. The summed E-state index contributed by atoms with van der Waals surface area (Å²) in [5.41, 5.74) is 1.34. The van der Waals surface area contributed by atoms with Crippen molar-refractivity contribution in [1.82, 2.24) is 15.1 Å². The van der Waals surface area contributed by atoms with Gasteiger partial charge in [0.15, 0.2) is 0 Å². The predicted octanol–water partition coefficient (Wildman–Crippen LogP) is 3.25. The molecule has 0 bridgehead atoms. The average molecular weight is 416 g/mol. The number of thioether (sulfide) groups is 1. The number of nitrogens with zero attached hydrogens (tertiary/aromatic N) is 2. The zero-order valence-electron chi connectivity index (χ0n) is 17.2. The molecule has 29 heavy (non-hydrogen) atoms. The van der Waals surface area contributed by atoms with Crippen LogP contribution in [0.1, 0.15) is 50.5 Å². The van der Waals surface area contributed by atoms with Gasteiger partial charge in [-0.3, -0.25) is 14.5 Å². The molecule has 1 atom stereocenters. The fourth-order valence-electron chi connectivity index (χ4n) is 4.84. The predicted molar refractivity (Wildman–Crippen MR) is 117 cm³/mol. The van der Waals surface area contributed by atoms with Crippen LogP contribution in [0.5, 0.6) is 0 Å². The monoisotopic (exact) mass is 415 g/mol. The topological polar surface area (TPSA) is 52.7 Å². The van der Waals surface area contributed by atoms with E-state index in [4.69, 9.17) is 0 Å². The van der Waals surface area contributed by atoms with Crippen molar-refractivity contribution in [2.24, 2.45) is 5.92 Å². The van der Waals surface area contributed by atoms with Gasteiger partial charge in [-0.1, -0.05) is 49.6 Å². The molecule has 0 radical (unpaired) electrons. The molecule has 1 aliphatic carbocycles. The van der Waals surface area contributed by atoms with E-state index in [9.17, 15) is 9.59 Å². The van der Waals surface area contributed by atoms with Gasteiger partial charge in [0.25, 0.3) is 0 Å². The average Bonchev–Trinajstić information content (AvgIpc) is 3.26. The van der Waals surface area contributed by atoms with Crippen molar-refractivity contribution in [3.8, 4) is 0 Å². The number of piperidine rings is 1. The molecule has 158 valence electrons. The van der Waals surface area contributed by atoms with Crippen LogP contribution in [-0.4, -0.2) is 58.4 Å². The second-order valence-corrected chi connectivity index (χ2v) is 9.70. The van der Waals surface area contributed by atoms with E-state index in [0.717, 1.165) is 63.9 Å². The van der Waals surface area contributed by atoms with Crippen LogP contribution in [0.2, 0.25) is 0 Å². The molecule has 2 saturated heterocycles. The Kier molecular flexibility index (Phi) is 7.14. The summed E-state index contributed by atoms with van der Waals surface area (Å²) in [6.45, 7) is 2.98. The molecule has 4 rings (SSSR count). The highest BCUT2D eigenvalue weighted by Crippen LogP contribution is 2.30. The lowest BCUT2D eigenvalue weighted by Gasteiger charge is -2.34. The maximum Gasteiger partial charge on any atom is 0.243 e. The first-order valence-corrected chi connectivity index (χ1v) is 12.3.